The minimum atomic E-state index is -0.115. The van der Waals surface area contributed by atoms with E-state index in [1.165, 1.54) is 0 Å². The highest BCUT2D eigenvalue weighted by Gasteiger charge is 2.06. The summed E-state index contributed by atoms with van der Waals surface area (Å²) in [5.74, 6) is -0.115. The fraction of sp³-hybridized carbons (Fsp3) is 0.417. The number of benzene rings is 1. The SMILES string of the molecule is CN(C)CCCNC(=O)c1ccc(N)c(N)c1. The van der Waals surface area contributed by atoms with Gasteiger partial charge in [0.1, 0.15) is 0 Å². The molecule has 94 valence electrons. The van der Waals surface area contributed by atoms with Gasteiger partial charge in [-0.05, 0) is 45.3 Å². The zero-order chi connectivity index (χ0) is 12.8. The second-order valence-electron chi connectivity index (χ2n) is 4.26. The number of carbonyl (C=O) groups is 1. The summed E-state index contributed by atoms with van der Waals surface area (Å²) in [6.07, 6.45) is 0.920. The van der Waals surface area contributed by atoms with Crippen molar-refractivity contribution in [3.8, 4) is 0 Å². The third-order valence-electron chi connectivity index (χ3n) is 2.42. The highest BCUT2D eigenvalue weighted by atomic mass is 16.1. The Morgan fingerprint density at radius 1 is 1.29 bits per heavy atom. The van der Waals surface area contributed by atoms with Crippen molar-refractivity contribution in [2.24, 2.45) is 0 Å². The lowest BCUT2D eigenvalue weighted by molar-refractivity contribution is 0.0952. The average Bonchev–Trinajstić information content (AvgIpc) is 2.27. The van der Waals surface area contributed by atoms with E-state index in [4.69, 9.17) is 11.5 Å². The molecule has 5 N–H and O–H groups in total. The molecule has 0 radical (unpaired) electrons. The molecule has 1 rings (SSSR count). The van der Waals surface area contributed by atoms with E-state index < -0.39 is 0 Å². The van der Waals surface area contributed by atoms with Gasteiger partial charge in [0, 0.05) is 12.1 Å². The minimum Gasteiger partial charge on any atom is -0.397 e. The van der Waals surface area contributed by atoms with Gasteiger partial charge in [0.05, 0.1) is 11.4 Å². The van der Waals surface area contributed by atoms with Crippen LogP contribution < -0.4 is 16.8 Å². The third kappa shape index (κ3) is 4.32. The van der Waals surface area contributed by atoms with Crippen LogP contribution in [0.25, 0.3) is 0 Å². The van der Waals surface area contributed by atoms with Gasteiger partial charge >= 0.3 is 0 Å². The van der Waals surface area contributed by atoms with Crippen molar-refractivity contribution in [2.45, 2.75) is 6.42 Å². The van der Waals surface area contributed by atoms with Crippen LogP contribution in [0.4, 0.5) is 11.4 Å². The van der Waals surface area contributed by atoms with Crippen LogP contribution in [0.1, 0.15) is 16.8 Å². The van der Waals surface area contributed by atoms with E-state index in [1.807, 2.05) is 14.1 Å². The van der Waals surface area contributed by atoms with Gasteiger partial charge in [0.15, 0.2) is 0 Å². The zero-order valence-electron chi connectivity index (χ0n) is 10.4. The molecule has 0 aliphatic heterocycles. The van der Waals surface area contributed by atoms with Crippen LogP contribution >= 0.6 is 0 Å². The quantitative estimate of drug-likeness (QED) is 0.514. The fourth-order valence-corrected chi connectivity index (χ4v) is 1.42. The predicted octanol–water partition coefficient (Wildman–Crippen LogP) is 0.533. The average molecular weight is 236 g/mol. The molecular formula is C12H20N4O. The summed E-state index contributed by atoms with van der Waals surface area (Å²) in [4.78, 5) is 13.8. The Balaban J connectivity index is 2.44. The fourth-order valence-electron chi connectivity index (χ4n) is 1.42. The zero-order valence-corrected chi connectivity index (χ0v) is 10.4. The monoisotopic (exact) mass is 236 g/mol. The lowest BCUT2D eigenvalue weighted by Crippen LogP contribution is -2.27. The number of rotatable bonds is 5. The number of nitrogens with one attached hydrogen (secondary N) is 1. The minimum absolute atomic E-state index is 0.115. The van der Waals surface area contributed by atoms with Crippen LogP contribution in [0.2, 0.25) is 0 Å². The van der Waals surface area contributed by atoms with Crippen LogP contribution in [0.5, 0.6) is 0 Å². The molecule has 0 heterocycles. The first kappa shape index (κ1) is 13.3. The lowest BCUT2D eigenvalue weighted by Gasteiger charge is -2.10. The van der Waals surface area contributed by atoms with Gasteiger partial charge in [-0.25, -0.2) is 0 Å². The molecule has 0 aliphatic carbocycles. The molecule has 0 aromatic heterocycles. The summed E-state index contributed by atoms with van der Waals surface area (Å²) in [7, 11) is 4.00. The molecule has 1 amide bonds. The van der Waals surface area contributed by atoms with E-state index in [2.05, 4.69) is 10.2 Å². The van der Waals surface area contributed by atoms with Crippen LogP contribution in [0.3, 0.4) is 0 Å². The summed E-state index contributed by atoms with van der Waals surface area (Å²) in [6.45, 7) is 1.60. The van der Waals surface area contributed by atoms with Gasteiger partial charge in [0.25, 0.3) is 5.91 Å². The van der Waals surface area contributed by atoms with Gasteiger partial charge in [-0.2, -0.15) is 0 Å². The van der Waals surface area contributed by atoms with Crippen molar-refractivity contribution >= 4 is 17.3 Å². The Bertz CT molecular complexity index is 390. The van der Waals surface area contributed by atoms with Gasteiger partial charge in [-0.15, -0.1) is 0 Å². The molecule has 1 aromatic rings. The Morgan fingerprint density at radius 2 is 2.00 bits per heavy atom. The van der Waals surface area contributed by atoms with Crippen LogP contribution in [0.15, 0.2) is 18.2 Å². The van der Waals surface area contributed by atoms with Gasteiger partial charge in [-0.1, -0.05) is 0 Å². The molecular weight excluding hydrogens is 216 g/mol. The standard InChI is InChI=1S/C12H20N4O/c1-16(2)7-3-6-15-12(17)9-4-5-10(13)11(14)8-9/h4-5,8H,3,6-7,13-14H2,1-2H3,(H,15,17). The number of hydrogen-bond acceptors (Lipinski definition) is 4. The van der Waals surface area contributed by atoms with E-state index in [0.717, 1.165) is 13.0 Å². The number of amides is 1. The highest BCUT2D eigenvalue weighted by Crippen LogP contribution is 2.15. The van der Waals surface area contributed by atoms with E-state index >= 15 is 0 Å². The number of nitrogens with zero attached hydrogens (tertiary/aromatic N) is 1. The normalized spacial score (nSPS) is 10.5. The van der Waals surface area contributed by atoms with Crippen LogP contribution in [0, 0.1) is 0 Å². The first-order valence-electron chi connectivity index (χ1n) is 5.58. The van der Waals surface area contributed by atoms with Crippen molar-refractivity contribution < 1.29 is 4.79 Å². The topological polar surface area (TPSA) is 84.4 Å². The molecule has 0 saturated heterocycles. The molecule has 1 aromatic carbocycles. The van der Waals surface area contributed by atoms with Gasteiger partial charge in [-0.3, -0.25) is 4.79 Å². The Labute approximate surface area is 102 Å². The van der Waals surface area contributed by atoms with Crippen molar-refractivity contribution in [1.82, 2.24) is 10.2 Å². The number of carbonyl (C=O) groups excluding carboxylic acids is 1. The van der Waals surface area contributed by atoms with Crippen molar-refractivity contribution in [1.29, 1.82) is 0 Å². The summed E-state index contributed by atoms with van der Waals surface area (Å²) >= 11 is 0. The second kappa shape index (κ2) is 6.10. The number of anilines is 2. The Kier molecular flexibility index (Phi) is 4.78. The van der Waals surface area contributed by atoms with Gasteiger partial charge in [0.2, 0.25) is 0 Å². The van der Waals surface area contributed by atoms with Gasteiger partial charge < -0.3 is 21.7 Å². The third-order valence-corrected chi connectivity index (χ3v) is 2.42. The molecule has 0 atom stereocenters. The van der Waals surface area contributed by atoms with Crippen molar-refractivity contribution in [3.63, 3.8) is 0 Å². The smallest absolute Gasteiger partial charge is 0.251 e. The molecule has 0 bridgehead atoms. The molecule has 0 aliphatic rings. The highest BCUT2D eigenvalue weighted by molar-refractivity contribution is 5.95. The molecule has 5 heteroatoms. The van der Waals surface area contributed by atoms with Crippen molar-refractivity contribution in [2.75, 3.05) is 38.7 Å². The lowest BCUT2D eigenvalue weighted by atomic mass is 10.1. The molecule has 0 fully saturated rings. The molecule has 0 unspecified atom stereocenters. The maximum absolute atomic E-state index is 11.7. The first-order valence-corrected chi connectivity index (χ1v) is 5.58. The molecule has 0 spiro atoms. The molecule has 0 saturated carbocycles. The van der Waals surface area contributed by atoms with E-state index in [-0.39, 0.29) is 5.91 Å². The Morgan fingerprint density at radius 3 is 2.59 bits per heavy atom. The van der Waals surface area contributed by atoms with E-state index in [9.17, 15) is 4.79 Å². The molecule has 5 nitrogen and oxygen atoms in total. The maximum Gasteiger partial charge on any atom is 0.251 e. The Hall–Kier alpha value is -1.75. The number of nitrogen functional groups attached to an aromatic ring is 2. The number of hydrogen-bond donors (Lipinski definition) is 3. The predicted molar refractivity (Wildman–Crippen MR) is 70.8 cm³/mol. The van der Waals surface area contributed by atoms with E-state index in [1.54, 1.807) is 18.2 Å². The second-order valence-corrected chi connectivity index (χ2v) is 4.26. The summed E-state index contributed by atoms with van der Waals surface area (Å²) in [6, 6.07) is 4.91. The summed E-state index contributed by atoms with van der Waals surface area (Å²) in [5.41, 5.74) is 12.7. The summed E-state index contributed by atoms with van der Waals surface area (Å²) < 4.78 is 0. The van der Waals surface area contributed by atoms with E-state index in [0.29, 0.717) is 23.5 Å². The van der Waals surface area contributed by atoms with Crippen molar-refractivity contribution in [3.05, 3.63) is 23.8 Å². The van der Waals surface area contributed by atoms with Crippen LogP contribution in [-0.4, -0.2) is 38.0 Å². The molecule has 17 heavy (non-hydrogen) atoms. The maximum atomic E-state index is 11.7. The largest absolute Gasteiger partial charge is 0.397 e. The van der Waals surface area contributed by atoms with Crippen LogP contribution in [-0.2, 0) is 0 Å². The first-order chi connectivity index (χ1) is 8.00. The summed E-state index contributed by atoms with van der Waals surface area (Å²) in [5, 5.41) is 2.84. The number of nitrogens with two attached hydrogens (primary N) is 2.